The van der Waals surface area contributed by atoms with Crippen molar-refractivity contribution in [3.8, 4) is 0 Å². The van der Waals surface area contributed by atoms with Gasteiger partial charge in [-0.1, -0.05) is 163 Å². The van der Waals surface area contributed by atoms with Crippen molar-refractivity contribution in [2.45, 2.75) is 10.7 Å². The first-order valence-electron chi connectivity index (χ1n) is 13.3. The van der Waals surface area contributed by atoms with Crippen molar-refractivity contribution in [3.63, 3.8) is 0 Å². The van der Waals surface area contributed by atoms with Gasteiger partial charge in [-0.2, -0.15) is 0 Å². The van der Waals surface area contributed by atoms with Gasteiger partial charge in [0, 0.05) is 26.6 Å². The van der Waals surface area contributed by atoms with Gasteiger partial charge in [0.2, 0.25) is 0 Å². The first-order valence-corrected chi connectivity index (χ1v) is 15.0. The summed E-state index contributed by atoms with van der Waals surface area (Å²) in [6, 6.07) is 54.7. The van der Waals surface area contributed by atoms with E-state index in [0.29, 0.717) is 0 Å². The SMILES string of the molecule is c1ccc(C2=C(c3ccccc3)C3SC(c4ccccc4)=C(c4ccccc4)C(S2)N3c2ccccc2)cc1. The van der Waals surface area contributed by atoms with Crippen LogP contribution in [0.25, 0.3) is 21.0 Å². The lowest BCUT2D eigenvalue weighted by Gasteiger charge is -2.50. The maximum atomic E-state index is 2.64. The first-order chi connectivity index (χ1) is 19.4. The molecule has 0 spiro atoms. The van der Waals surface area contributed by atoms with Crippen LogP contribution in [0.15, 0.2) is 152 Å². The molecule has 2 aliphatic heterocycles. The predicted octanol–water partition coefficient (Wildman–Crippen LogP) is 9.78. The van der Waals surface area contributed by atoms with Crippen LogP contribution < -0.4 is 4.90 Å². The maximum absolute atomic E-state index is 2.64. The topological polar surface area (TPSA) is 3.24 Å². The molecule has 0 N–H and O–H groups in total. The largest absolute Gasteiger partial charge is 0.338 e. The number of para-hydroxylation sites is 1. The van der Waals surface area contributed by atoms with Gasteiger partial charge >= 0.3 is 0 Å². The van der Waals surface area contributed by atoms with Gasteiger partial charge in [-0.3, -0.25) is 0 Å². The molecule has 0 radical (unpaired) electrons. The monoisotopic (exact) mass is 537 g/mol. The minimum absolute atomic E-state index is 0.110. The van der Waals surface area contributed by atoms with Gasteiger partial charge in [0.25, 0.3) is 0 Å². The van der Waals surface area contributed by atoms with Crippen molar-refractivity contribution in [2.24, 2.45) is 0 Å². The highest BCUT2D eigenvalue weighted by Gasteiger charge is 2.45. The predicted molar refractivity (Wildman–Crippen MR) is 171 cm³/mol. The van der Waals surface area contributed by atoms with Crippen LogP contribution in [0.3, 0.4) is 0 Å². The molecule has 1 nitrogen and oxygen atoms in total. The Morgan fingerprint density at radius 3 is 1.03 bits per heavy atom. The van der Waals surface area contributed by atoms with Crippen LogP contribution in [0, 0.1) is 0 Å². The molecule has 5 aromatic carbocycles. The summed E-state index contributed by atoms with van der Waals surface area (Å²) in [5.41, 5.74) is 9.09. The zero-order chi connectivity index (χ0) is 26.0. The third kappa shape index (κ3) is 4.52. The Morgan fingerprint density at radius 1 is 0.359 bits per heavy atom. The number of benzene rings is 5. The van der Waals surface area contributed by atoms with Crippen LogP contribution in [0.2, 0.25) is 0 Å². The van der Waals surface area contributed by atoms with E-state index >= 15 is 0 Å². The van der Waals surface area contributed by atoms with Gasteiger partial charge in [0.05, 0.1) is 0 Å². The molecule has 188 valence electrons. The molecule has 2 bridgehead atoms. The standard InChI is InChI=1S/C36H27NS2/c1-6-16-26(17-7-1)31-33(28-20-10-3-11-21-28)38-36-32(27-18-8-2-9-19-27)34(29-22-12-4-13-23-29)39-35(31)37(36)30-24-14-5-15-25-30/h1-25,35-36H. The van der Waals surface area contributed by atoms with E-state index in [1.807, 2.05) is 23.5 Å². The van der Waals surface area contributed by atoms with E-state index < -0.39 is 0 Å². The first kappa shape index (κ1) is 24.1. The van der Waals surface area contributed by atoms with Gasteiger partial charge in [0.15, 0.2) is 0 Å². The third-order valence-electron chi connectivity index (χ3n) is 7.24. The lowest BCUT2D eigenvalue weighted by Crippen LogP contribution is -2.47. The highest BCUT2D eigenvalue weighted by molar-refractivity contribution is 8.12. The van der Waals surface area contributed by atoms with E-state index in [0.717, 1.165) is 0 Å². The second-order valence-electron chi connectivity index (χ2n) is 9.63. The number of thioether (sulfide) groups is 2. The Morgan fingerprint density at radius 2 is 0.667 bits per heavy atom. The molecule has 0 aliphatic carbocycles. The van der Waals surface area contributed by atoms with Crippen molar-refractivity contribution in [1.29, 1.82) is 0 Å². The van der Waals surface area contributed by atoms with Crippen LogP contribution in [-0.2, 0) is 0 Å². The maximum Gasteiger partial charge on any atom is 0.108 e. The van der Waals surface area contributed by atoms with Gasteiger partial charge in [0.1, 0.15) is 10.7 Å². The van der Waals surface area contributed by atoms with Gasteiger partial charge in [-0.15, -0.1) is 0 Å². The van der Waals surface area contributed by atoms with Crippen LogP contribution >= 0.6 is 23.5 Å². The molecule has 3 heteroatoms. The minimum atomic E-state index is 0.110. The Kier molecular flexibility index (Phi) is 6.61. The normalized spacial score (nSPS) is 18.8. The van der Waals surface area contributed by atoms with E-state index in [4.69, 9.17) is 0 Å². The van der Waals surface area contributed by atoms with Crippen LogP contribution in [0.1, 0.15) is 22.3 Å². The average molecular weight is 538 g/mol. The average Bonchev–Trinajstić information content (AvgIpc) is 3.02. The lowest BCUT2D eigenvalue weighted by atomic mass is 9.97. The molecule has 0 aromatic heterocycles. The van der Waals surface area contributed by atoms with E-state index in [1.54, 1.807) is 0 Å². The third-order valence-corrected chi connectivity index (χ3v) is 10.00. The highest BCUT2D eigenvalue weighted by atomic mass is 32.2. The molecular formula is C36H27NS2. The van der Waals surface area contributed by atoms with Crippen molar-refractivity contribution in [3.05, 3.63) is 174 Å². The summed E-state index contributed by atoms with van der Waals surface area (Å²) in [4.78, 5) is 5.35. The molecule has 0 saturated heterocycles. The zero-order valence-electron chi connectivity index (χ0n) is 21.4. The number of fused-ring (bicyclic) bond motifs is 2. The van der Waals surface area contributed by atoms with E-state index in [1.165, 1.54) is 48.9 Å². The fraction of sp³-hybridized carbons (Fsp3) is 0.0556. The summed E-state index contributed by atoms with van der Waals surface area (Å²) in [7, 11) is 0. The fourth-order valence-electron chi connectivity index (χ4n) is 5.49. The number of anilines is 1. The van der Waals surface area contributed by atoms with Crippen LogP contribution in [0.4, 0.5) is 5.69 Å². The molecule has 2 heterocycles. The molecular weight excluding hydrogens is 511 g/mol. The number of hydrogen-bond donors (Lipinski definition) is 0. The molecule has 39 heavy (non-hydrogen) atoms. The van der Waals surface area contributed by atoms with E-state index in [2.05, 4.69) is 157 Å². The lowest BCUT2D eigenvalue weighted by molar-refractivity contribution is 0.886. The zero-order valence-corrected chi connectivity index (χ0v) is 23.0. The Balaban J connectivity index is 1.53. The molecule has 2 atom stereocenters. The molecule has 0 fully saturated rings. The van der Waals surface area contributed by atoms with Gasteiger partial charge in [-0.25, -0.2) is 0 Å². The quantitative estimate of drug-likeness (QED) is 0.220. The van der Waals surface area contributed by atoms with Crippen molar-refractivity contribution in [1.82, 2.24) is 0 Å². The molecule has 2 aliphatic rings. The van der Waals surface area contributed by atoms with Crippen LogP contribution in [0.5, 0.6) is 0 Å². The second-order valence-corrected chi connectivity index (χ2v) is 11.8. The summed E-state index contributed by atoms with van der Waals surface area (Å²) < 4.78 is 0. The summed E-state index contributed by atoms with van der Waals surface area (Å²) in [6.45, 7) is 0. The smallest absolute Gasteiger partial charge is 0.108 e. The van der Waals surface area contributed by atoms with Gasteiger partial charge < -0.3 is 4.90 Å². The number of nitrogens with zero attached hydrogens (tertiary/aromatic N) is 1. The summed E-state index contributed by atoms with van der Waals surface area (Å²) in [5, 5.41) is 0.220. The highest BCUT2D eigenvalue weighted by Crippen LogP contribution is 2.60. The molecule has 0 amide bonds. The number of rotatable bonds is 5. The van der Waals surface area contributed by atoms with Crippen molar-refractivity contribution in [2.75, 3.05) is 4.90 Å². The van der Waals surface area contributed by atoms with E-state index in [9.17, 15) is 0 Å². The van der Waals surface area contributed by atoms with Crippen LogP contribution in [-0.4, -0.2) is 10.7 Å². The Hall–Kier alpha value is -3.92. The minimum Gasteiger partial charge on any atom is -0.338 e. The van der Waals surface area contributed by atoms with Crippen molar-refractivity contribution < 1.29 is 0 Å². The molecule has 0 saturated carbocycles. The summed E-state index contributed by atoms with van der Waals surface area (Å²) in [5.74, 6) is 0. The van der Waals surface area contributed by atoms with Crippen molar-refractivity contribution >= 4 is 50.2 Å². The van der Waals surface area contributed by atoms with Gasteiger partial charge in [-0.05, 0) is 34.4 Å². The fourth-order valence-corrected chi connectivity index (χ4v) is 8.87. The Labute approximate surface area is 238 Å². The molecule has 7 rings (SSSR count). The Bertz CT molecular complexity index is 1520. The molecule has 2 unspecified atom stereocenters. The summed E-state index contributed by atoms with van der Waals surface area (Å²) in [6.07, 6.45) is 0. The second kappa shape index (κ2) is 10.7. The molecule has 5 aromatic rings. The summed E-state index contributed by atoms with van der Waals surface area (Å²) >= 11 is 3.96. The van der Waals surface area contributed by atoms with E-state index in [-0.39, 0.29) is 10.7 Å². The number of hydrogen-bond acceptors (Lipinski definition) is 3.